The molecule has 3 aromatic rings. The molecule has 2 aromatic carbocycles. The molecule has 0 saturated carbocycles. The standard InChI is InChI=1S/C35H48N6O3/c1-3-40(4-2)24-13-25-41(28-34(43)39-33(42)26-36-22-19-31-18-11-12-21-38-31)35(44)27-37-23-20-32(29-14-7-5-8-15-29)30-16-9-6-10-17-30/h5-12,14-18,21,32,36-37H,3-4,13,19-20,22-28H2,1-2H3,(H,39,42,43). The highest BCUT2D eigenvalue weighted by atomic mass is 16.2. The maximum Gasteiger partial charge on any atom is 0.246 e. The molecule has 1 heterocycles. The minimum atomic E-state index is -0.481. The lowest BCUT2D eigenvalue weighted by molar-refractivity contribution is -0.137. The smallest absolute Gasteiger partial charge is 0.246 e. The fourth-order valence-corrected chi connectivity index (χ4v) is 5.14. The van der Waals surface area contributed by atoms with E-state index in [1.165, 1.54) is 11.1 Å². The van der Waals surface area contributed by atoms with Gasteiger partial charge < -0.3 is 20.4 Å². The molecule has 3 rings (SSSR count). The fraction of sp³-hybridized carbons (Fsp3) is 0.429. The van der Waals surface area contributed by atoms with E-state index in [2.05, 4.69) is 63.9 Å². The van der Waals surface area contributed by atoms with Crippen molar-refractivity contribution in [1.29, 1.82) is 0 Å². The van der Waals surface area contributed by atoms with Gasteiger partial charge in [-0.25, -0.2) is 0 Å². The molecule has 0 aliphatic carbocycles. The van der Waals surface area contributed by atoms with Crippen LogP contribution in [0, 0.1) is 0 Å². The molecule has 0 saturated heterocycles. The summed E-state index contributed by atoms with van der Waals surface area (Å²) in [7, 11) is 0. The van der Waals surface area contributed by atoms with E-state index in [1.807, 2.05) is 54.6 Å². The lowest BCUT2D eigenvalue weighted by atomic mass is 9.88. The number of carbonyl (C=O) groups excluding carboxylic acids is 3. The largest absolute Gasteiger partial charge is 0.332 e. The van der Waals surface area contributed by atoms with Gasteiger partial charge in [0.25, 0.3) is 0 Å². The molecular formula is C35H48N6O3. The quantitative estimate of drug-likeness (QED) is 0.171. The van der Waals surface area contributed by atoms with Gasteiger partial charge in [-0.05, 0) is 62.3 Å². The zero-order valence-electron chi connectivity index (χ0n) is 26.2. The van der Waals surface area contributed by atoms with E-state index in [0.717, 1.165) is 38.2 Å². The van der Waals surface area contributed by atoms with Crippen molar-refractivity contribution >= 4 is 17.7 Å². The number of amides is 3. The van der Waals surface area contributed by atoms with Crippen molar-refractivity contribution in [2.75, 3.05) is 58.9 Å². The second kappa shape index (κ2) is 20.1. The maximum absolute atomic E-state index is 13.3. The van der Waals surface area contributed by atoms with Crippen molar-refractivity contribution in [2.24, 2.45) is 0 Å². The van der Waals surface area contributed by atoms with Crippen LogP contribution in [-0.2, 0) is 20.8 Å². The zero-order chi connectivity index (χ0) is 31.4. The van der Waals surface area contributed by atoms with Crippen LogP contribution in [0.5, 0.6) is 0 Å². The second-order valence-corrected chi connectivity index (χ2v) is 10.8. The van der Waals surface area contributed by atoms with Crippen LogP contribution in [0.25, 0.3) is 0 Å². The Kier molecular flexibility index (Phi) is 15.8. The average Bonchev–Trinajstić information content (AvgIpc) is 3.05. The van der Waals surface area contributed by atoms with Crippen molar-refractivity contribution in [3.05, 3.63) is 102 Å². The van der Waals surface area contributed by atoms with Gasteiger partial charge in [0.05, 0.1) is 19.6 Å². The van der Waals surface area contributed by atoms with E-state index in [4.69, 9.17) is 0 Å². The van der Waals surface area contributed by atoms with Gasteiger partial charge in [-0.1, -0.05) is 80.6 Å². The first-order chi connectivity index (χ1) is 21.5. The lowest BCUT2D eigenvalue weighted by Gasteiger charge is -2.25. The minimum Gasteiger partial charge on any atom is -0.332 e. The molecule has 0 aliphatic rings. The highest BCUT2D eigenvalue weighted by Gasteiger charge is 2.19. The van der Waals surface area contributed by atoms with Gasteiger partial charge in [-0.15, -0.1) is 0 Å². The average molecular weight is 601 g/mol. The lowest BCUT2D eigenvalue weighted by Crippen LogP contribution is -2.47. The van der Waals surface area contributed by atoms with E-state index in [-0.39, 0.29) is 31.5 Å². The van der Waals surface area contributed by atoms with Gasteiger partial charge >= 0.3 is 0 Å². The van der Waals surface area contributed by atoms with Gasteiger partial charge in [-0.2, -0.15) is 0 Å². The molecule has 0 spiro atoms. The fourth-order valence-electron chi connectivity index (χ4n) is 5.14. The van der Waals surface area contributed by atoms with Crippen LogP contribution in [0.15, 0.2) is 85.1 Å². The molecule has 3 N–H and O–H groups in total. The Morgan fingerprint density at radius 1 is 0.750 bits per heavy atom. The third-order valence-electron chi connectivity index (χ3n) is 7.62. The number of rotatable bonds is 20. The minimum absolute atomic E-state index is 0.0139. The van der Waals surface area contributed by atoms with Crippen LogP contribution < -0.4 is 16.0 Å². The molecule has 236 valence electrons. The molecule has 1 aromatic heterocycles. The summed E-state index contributed by atoms with van der Waals surface area (Å²) in [5, 5.41) is 8.77. The number of benzene rings is 2. The third kappa shape index (κ3) is 12.8. The molecular weight excluding hydrogens is 552 g/mol. The first kappa shape index (κ1) is 34.6. The number of nitrogens with zero attached hydrogens (tertiary/aromatic N) is 3. The van der Waals surface area contributed by atoms with Gasteiger partial charge in [0.15, 0.2) is 0 Å². The molecule has 0 bridgehead atoms. The van der Waals surface area contributed by atoms with E-state index in [9.17, 15) is 14.4 Å². The Balaban J connectivity index is 1.49. The van der Waals surface area contributed by atoms with Crippen molar-refractivity contribution in [3.8, 4) is 0 Å². The van der Waals surface area contributed by atoms with Crippen LogP contribution in [0.2, 0.25) is 0 Å². The number of pyridine rings is 1. The first-order valence-corrected chi connectivity index (χ1v) is 15.7. The highest BCUT2D eigenvalue weighted by molar-refractivity contribution is 5.98. The molecule has 0 fully saturated rings. The van der Waals surface area contributed by atoms with E-state index in [1.54, 1.807) is 11.1 Å². The summed E-state index contributed by atoms with van der Waals surface area (Å²) < 4.78 is 0. The highest BCUT2D eigenvalue weighted by Crippen LogP contribution is 2.27. The summed E-state index contributed by atoms with van der Waals surface area (Å²) in [6.07, 6.45) is 3.98. The van der Waals surface area contributed by atoms with Crippen molar-refractivity contribution in [3.63, 3.8) is 0 Å². The van der Waals surface area contributed by atoms with Crippen LogP contribution in [-0.4, -0.2) is 91.4 Å². The summed E-state index contributed by atoms with van der Waals surface area (Å²) in [4.78, 5) is 46.5. The molecule has 0 radical (unpaired) electrons. The Morgan fingerprint density at radius 3 is 2.00 bits per heavy atom. The van der Waals surface area contributed by atoms with Crippen LogP contribution in [0.3, 0.4) is 0 Å². The molecule has 9 nitrogen and oxygen atoms in total. The summed E-state index contributed by atoms with van der Waals surface area (Å²) >= 11 is 0. The van der Waals surface area contributed by atoms with E-state index >= 15 is 0 Å². The van der Waals surface area contributed by atoms with Gasteiger partial charge in [-0.3, -0.25) is 24.7 Å². The van der Waals surface area contributed by atoms with E-state index in [0.29, 0.717) is 26.1 Å². The predicted octanol–water partition coefficient (Wildman–Crippen LogP) is 3.23. The maximum atomic E-state index is 13.3. The van der Waals surface area contributed by atoms with Crippen molar-refractivity contribution in [1.82, 2.24) is 30.7 Å². The first-order valence-electron chi connectivity index (χ1n) is 15.7. The Bertz CT molecular complexity index is 1200. The SMILES string of the molecule is CCN(CC)CCCN(CC(=O)NC(=O)CNCCc1ccccn1)C(=O)CNCCC(c1ccccc1)c1ccccc1. The Labute approximate surface area is 262 Å². The Morgan fingerprint density at radius 2 is 1.39 bits per heavy atom. The molecule has 0 atom stereocenters. The monoisotopic (exact) mass is 600 g/mol. The number of carbonyl (C=O) groups is 3. The van der Waals surface area contributed by atoms with Crippen LogP contribution in [0.1, 0.15) is 49.4 Å². The molecule has 9 heteroatoms. The number of nitrogens with one attached hydrogen (secondary N) is 3. The number of aromatic nitrogens is 1. The molecule has 0 unspecified atom stereocenters. The zero-order valence-corrected chi connectivity index (χ0v) is 26.2. The number of hydrogen-bond acceptors (Lipinski definition) is 7. The summed E-state index contributed by atoms with van der Waals surface area (Å²) in [6, 6.07) is 26.5. The Hall–Kier alpha value is -3.92. The van der Waals surface area contributed by atoms with Crippen LogP contribution in [0.4, 0.5) is 0 Å². The summed E-state index contributed by atoms with van der Waals surface area (Å²) in [5.41, 5.74) is 3.40. The predicted molar refractivity (Wildman–Crippen MR) is 175 cm³/mol. The normalized spacial score (nSPS) is 11.1. The van der Waals surface area contributed by atoms with Gasteiger partial charge in [0.1, 0.15) is 0 Å². The van der Waals surface area contributed by atoms with Gasteiger partial charge in [0.2, 0.25) is 17.7 Å². The second-order valence-electron chi connectivity index (χ2n) is 10.8. The molecule has 44 heavy (non-hydrogen) atoms. The van der Waals surface area contributed by atoms with Crippen LogP contribution >= 0.6 is 0 Å². The molecule has 3 amide bonds. The third-order valence-corrected chi connectivity index (χ3v) is 7.62. The summed E-state index contributed by atoms with van der Waals surface area (Å²) in [5.74, 6) is -0.848. The number of imide groups is 1. The van der Waals surface area contributed by atoms with Crippen molar-refractivity contribution < 1.29 is 14.4 Å². The van der Waals surface area contributed by atoms with Gasteiger partial charge in [0, 0.05) is 37.3 Å². The topological polar surface area (TPSA) is 107 Å². The molecule has 0 aliphatic heterocycles. The van der Waals surface area contributed by atoms with E-state index < -0.39 is 11.8 Å². The van der Waals surface area contributed by atoms with Crippen molar-refractivity contribution in [2.45, 2.75) is 39.0 Å². The summed E-state index contributed by atoms with van der Waals surface area (Å²) in [6.45, 7) is 8.54. The number of hydrogen-bond donors (Lipinski definition) is 3.